The highest BCUT2D eigenvalue weighted by atomic mass is 16.6. The Labute approximate surface area is 199 Å². The third-order valence-electron chi connectivity index (χ3n) is 6.05. The van der Waals surface area contributed by atoms with E-state index in [1.54, 1.807) is 30.3 Å². The number of carbonyl (C=O) groups excluding carboxylic acids is 1. The minimum atomic E-state index is -0.690. The molecule has 0 saturated carbocycles. The lowest BCUT2D eigenvalue weighted by molar-refractivity contribution is -0.140. The summed E-state index contributed by atoms with van der Waals surface area (Å²) in [5.74, 6) is -0.115. The number of ether oxygens (including phenoxy) is 3. The number of hydrogen-bond acceptors (Lipinski definition) is 8. The van der Waals surface area contributed by atoms with Crippen LogP contribution in [0.4, 0.5) is 0 Å². The Bertz CT molecular complexity index is 1470. The van der Waals surface area contributed by atoms with Crippen LogP contribution in [-0.4, -0.2) is 36.5 Å². The average molecular weight is 474 g/mol. The van der Waals surface area contributed by atoms with Gasteiger partial charge in [0.05, 0.1) is 24.5 Å². The van der Waals surface area contributed by atoms with Crippen LogP contribution >= 0.6 is 0 Å². The molecule has 1 aromatic heterocycles. The minimum Gasteiger partial charge on any atom is -0.508 e. The summed E-state index contributed by atoms with van der Waals surface area (Å²) < 4.78 is 22.1. The van der Waals surface area contributed by atoms with Crippen molar-refractivity contribution >= 4 is 16.9 Å². The lowest BCUT2D eigenvalue weighted by atomic mass is 9.86. The molecular formula is C27H22O8. The van der Waals surface area contributed by atoms with Gasteiger partial charge in [-0.3, -0.25) is 9.59 Å². The van der Waals surface area contributed by atoms with E-state index < -0.39 is 11.9 Å². The number of phenolic OH excluding ortho intramolecular Hbond substituents is 2. The summed E-state index contributed by atoms with van der Waals surface area (Å²) >= 11 is 0. The van der Waals surface area contributed by atoms with Crippen LogP contribution in [0.2, 0.25) is 0 Å². The van der Waals surface area contributed by atoms with Gasteiger partial charge in [0.25, 0.3) is 0 Å². The highest BCUT2D eigenvalue weighted by Crippen LogP contribution is 2.42. The molecule has 5 rings (SSSR count). The normalized spacial score (nSPS) is 13.4. The Balaban J connectivity index is 1.69. The van der Waals surface area contributed by atoms with Crippen molar-refractivity contribution in [1.82, 2.24) is 0 Å². The Hall–Kier alpha value is -4.46. The van der Waals surface area contributed by atoms with E-state index in [-0.39, 0.29) is 34.3 Å². The molecule has 178 valence electrons. The second-order valence-electron chi connectivity index (χ2n) is 8.14. The highest BCUT2D eigenvalue weighted by molar-refractivity contribution is 5.87. The molecule has 8 heteroatoms. The van der Waals surface area contributed by atoms with E-state index in [4.69, 9.17) is 18.6 Å². The fourth-order valence-corrected chi connectivity index (χ4v) is 4.30. The first-order chi connectivity index (χ1) is 17.0. The molecule has 0 aliphatic carbocycles. The van der Waals surface area contributed by atoms with Crippen LogP contribution in [-0.2, 0) is 9.53 Å². The van der Waals surface area contributed by atoms with E-state index >= 15 is 0 Å². The summed E-state index contributed by atoms with van der Waals surface area (Å²) in [6.07, 6.45) is 1.21. The van der Waals surface area contributed by atoms with Crippen LogP contribution in [0.25, 0.3) is 22.1 Å². The second-order valence-corrected chi connectivity index (χ2v) is 8.14. The van der Waals surface area contributed by atoms with Crippen molar-refractivity contribution in [3.8, 4) is 34.1 Å². The molecule has 0 bridgehead atoms. The quantitative estimate of drug-likeness (QED) is 0.411. The molecule has 0 amide bonds. The molecule has 1 aliphatic rings. The number of phenols is 2. The van der Waals surface area contributed by atoms with Crippen molar-refractivity contribution in [2.75, 3.05) is 20.3 Å². The molecule has 8 nitrogen and oxygen atoms in total. The van der Waals surface area contributed by atoms with Crippen LogP contribution in [0.1, 0.15) is 23.5 Å². The number of methoxy groups -OCH3 is 1. The maximum atomic E-state index is 13.4. The summed E-state index contributed by atoms with van der Waals surface area (Å²) in [5, 5.41) is 20.7. The van der Waals surface area contributed by atoms with Gasteiger partial charge < -0.3 is 28.8 Å². The molecule has 2 heterocycles. The zero-order chi connectivity index (χ0) is 24.5. The summed E-state index contributed by atoms with van der Waals surface area (Å²) in [7, 11) is 1.29. The predicted molar refractivity (Wildman–Crippen MR) is 127 cm³/mol. The average Bonchev–Trinajstić information content (AvgIpc) is 2.88. The van der Waals surface area contributed by atoms with Gasteiger partial charge in [-0.1, -0.05) is 18.2 Å². The van der Waals surface area contributed by atoms with Gasteiger partial charge in [0, 0.05) is 11.5 Å². The molecule has 0 spiro atoms. The molecule has 0 fully saturated rings. The second kappa shape index (κ2) is 9.06. The van der Waals surface area contributed by atoms with Crippen LogP contribution < -0.4 is 14.9 Å². The predicted octanol–water partition coefficient (Wildman–Crippen LogP) is 4.34. The highest BCUT2D eigenvalue weighted by Gasteiger charge is 2.28. The van der Waals surface area contributed by atoms with Crippen LogP contribution in [0.5, 0.6) is 23.0 Å². The monoisotopic (exact) mass is 474 g/mol. The first-order valence-electron chi connectivity index (χ1n) is 11.0. The van der Waals surface area contributed by atoms with Crippen molar-refractivity contribution in [1.29, 1.82) is 0 Å². The summed E-state index contributed by atoms with van der Waals surface area (Å²) in [6, 6.07) is 14.4. The maximum Gasteiger partial charge on any atom is 0.306 e. The van der Waals surface area contributed by atoms with E-state index in [1.165, 1.54) is 37.6 Å². The van der Waals surface area contributed by atoms with E-state index in [1.807, 2.05) is 0 Å². The first-order valence-corrected chi connectivity index (χ1v) is 11.0. The maximum absolute atomic E-state index is 13.4. The van der Waals surface area contributed by atoms with Crippen molar-refractivity contribution in [2.24, 2.45) is 0 Å². The van der Waals surface area contributed by atoms with Crippen molar-refractivity contribution in [2.45, 2.75) is 12.3 Å². The number of rotatable bonds is 5. The summed E-state index contributed by atoms with van der Waals surface area (Å²) in [5.41, 5.74) is 1.69. The van der Waals surface area contributed by atoms with Gasteiger partial charge in [-0.25, -0.2) is 0 Å². The zero-order valence-electron chi connectivity index (χ0n) is 18.8. The van der Waals surface area contributed by atoms with E-state index in [0.717, 1.165) is 0 Å². The number of hydrogen-bond donors (Lipinski definition) is 2. The SMILES string of the molecule is COC(=O)CC(c1ccc2c(c1)OCCO2)c1c(O)ccc2c(=O)c(-c3ccc(O)cc3)coc12. The van der Waals surface area contributed by atoms with Gasteiger partial charge in [0.2, 0.25) is 5.43 Å². The van der Waals surface area contributed by atoms with Crippen molar-refractivity contribution < 1.29 is 33.6 Å². The lowest BCUT2D eigenvalue weighted by Gasteiger charge is -2.23. The Morgan fingerprint density at radius 3 is 2.49 bits per heavy atom. The Morgan fingerprint density at radius 2 is 1.74 bits per heavy atom. The van der Waals surface area contributed by atoms with E-state index in [0.29, 0.717) is 47.0 Å². The molecule has 4 aromatic rings. The van der Waals surface area contributed by atoms with Gasteiger partial charge in [0.15, 0.2) is 11.5 Å². The van der Waals surface area contributed by atoms with Crippen LogP contribution in [0.15, 0.2) is 70.1 Å². The number of esters is 1. The molecule has 3 aromatic carbocycles. The third kappa shape index (κ3) is 4.14. The first kappa shape index (κ1) is 22.3. The molecule has 0 radical (unpaired) electrons. The molecule has 1 atom stereocenters. The lowest BCUT2D eigenvalue weighted by Crippen LogP contribution is -2.16. The van der Waals surface area contributed by atoms with E-state index in [9.17, 15) is 19.8 Å². The van der Waals surface area contributed by atoms with E-state index in [2.05, 4.69) is 0 Å². The topological polar surface area (TPSA) is 115 Å². The van der Waals surface area contributed by atoms with Crippen molar-refractivity contribution in [3.05, 3.63) is 82.2 Å². The number of fused-ring (bicyclic) bond motifs is 2. The largest absolute Gasteiger partial charge is 0.508 e. The zero-order valence-corrected chi connectivity index (χ0v) is 18.8. The standard InChI is InChI=1S/C27H22O8/c1-32-24(30)13-19(16-4-9-22-23(12-16)34-11-10-33-22)25-21(29)8-7-18-26(31)20(14-35-27(18)25)15-2-5-17(28)6-3-15/h2-9,12,14,19,28-29H,10-11,13H2,1H3. The Kier molecular flexibility index (Phi) is 5.78. The minimum absolute atomic E-state index is 0.0798. The van der Waals surface area contributed by atoms with Gasteiger partial charge >= 0.3 is 5.97 Å². The molecule has 1 unspecified atom stereocenters. The number of aromatic hydroxyl groups is 2. The fraction of sp³-hybridized carbons (Fsp3) is 0.185. The Morgan fingerprint density at radius 1 is 1.00 bits per heavy atom. The van der Waals surface area contributed by atoms with Gasteiger partial charge in [-0.05, 0) is 47.5 Å². The number of carbonyl (C=O) groups is 1. The molecule has 1 aliphatic heterocycles. The summed E-state index contributed by atoms with van der Waals surface area (Å²) in [6.45, 7) is 0.836. The third-order valence-corrected chi connectivity index (χ3v) is 6.05. The van der Waals surface area contributed by atoms with Gasteiger partial charge in [-0.15, -0.1) is 0 Å². The van der Waals surface area contributed by atoms with Gasteiger partial charge in [-0.2, -0.15) is 0 Å². The van der Waals surface area contributed by atoms with Crippen molar-refractivity contribution in [3.63, 3.8) is 0 Å². The number of benzene rings is 3. The van der Waals surface area contributed by atoms with Crippen LogP contribution in [0.3, 0.4) is 0 Å². The summed E-state index contributed by atoms with van der Waals surface area (Å²) in [4.78, 5) is 25.7. The van der Waals surface area contributed by atoms with Gasteiger partial charge in [0.1, 0.15) is 36.6 Å². The van der Waals surface area contributed by atoms with Crippen LogP contribution in [0, 0.1) is 0 Å². The smallest absolute Gasteiger partial charge is 0.306 e. The molecular weight excluding hydrogens is 452 g/mol. The fourth-order valence-electron chi connectivity index (χ4n) is 4.30. The molecule has 2 N–H and O–H groups in total. The molecule has 0 saturated heterocycles. The molecule has 35 heavy (non-hydrogen) atoms.